The van der Waals surface area contributed by atoms with Crippen molar-refractivity contribution in [3.05, 3.63) is 53.1 Å². The van der Waals surface area contributed by atoms with E-state index in [2.05, 4.69) is 4.72 Å². The molecule has 0 aliphatic carbocycles. The number of aryl methyl sites for hydroxylation is 1. The normalized spacial score (nSPS) is 11.3. The number of benzene rings is 2. The monoisotopic (exact) mass is 296 g/mol. The van der Waals surface area contributed by atoms with Crippen LogP contribution in [0.1, 0.15) is 5.56 Å². The van der Waals surface area contributed by atoms with Gasteiger partial charge in [0, 0.05) is 5.69 Å². The molecule has 0 spiro atoms. The number of nitrogens with two attached hydrogens (primary N) is 1. The summed E-state index contributed by atoms with van der Waals surface area (Å²) in [6.45, 7) is 1.73. The van der Waals surface area contributed by atoms with Crippen molar-refractivity contribution in [2.75, 3.05) is 10.5 Å². The molecule has 2 aromatic rings. The van der Waals surface area contributed by atoms with Crippen LogP contribution in [0.3, 0.4) is 0 Å². The minimum Gasteiger partial charge on any atom is -0.399 e. The number of sulfonamides is 1. The van der Waals surface area contributed by atoms with Crippen molar-refractivity contribution in [2.24, 2.45) is 0 Å². The minimum atomic E-state index is -3.67. The Morgan fingerprint density at radius 2 is 1.84 bits per heavy atom. The molecule has 19 heavy (non-hydrogen) atoms. The van der Waals surface area contributed by atoms with Gasteiger partial charge in [-0.2, -0.15) is 0 Å². The highest BCUT2D eigenvalue weighted by Gasteiger charge is 2.17. The zero-order chi connectivity index (χ0) is 14.0. The molecule has 0 fully saturated rings. The van der Waals surface area contributed by atoms with Gasteiger partial charge in [-0.15, -0.1) is 0 Å². The van der Waals surface area contributed by atoms with E-state index in [0.29, 0.717) is 16.3 Å². The quantitative estimate of drug-likeness (QED) is 0.855. The molecule has 0 saturated carbocycles. The van der Waals surface area contributed by atoms with E-state index in [-0.39, 0.29) is 10.6 Å². The number of hydrogen-bond donors (Lipinski definition) is 2. The van der Waals surface area contributed by atoms with Gasteiger partial charge in [0.15, 0.2) is 0 Å². The van der Waals surface area contributed by atoms with Gasteiger partial charge in [0.2, 0.25) is 0 Å². The van der Waals surface area contributed by atoms with Gasteiger partial charge in [0.25, 0.3) is 10.0 Å². The SMILES string of the molecule is Cc1ccccc1S(=O)(=O)Nc1cc(N)ccc1Cl. The molecule has 4 nitrogen and oxygen atoms in total. The molecule has 0 radical (unpaired) electrons. The summed E-state index contributed by atoms with van der Waals surface area (Å²) in [6, 6.07) is 11.4. The van der Waals surface area contributed by atoms with E-state index in [4.69, 9.17) is 17.3 Å². The molecule has 100 valence electrons. The van der Waals surface area contributed by atoms with Crippen LogP contribution in [0.25, 0.3) is 0 Å². The summed E-state index contributed by atoms with van der Waals surface area (Å²) in [5.74, 6) is 0. The fourth-order valence-electron chi connectivity index (χ4n) is 1.68. The third-order valence-corrected chi connectivity index (χ3v) is 4.47. The van der Waals surface area contributed by atoms with Crippen molar-refractivity contribution in [2.45, 2.75) is 11.8 Å². The summed E-state index contributed by atoms with van der Waals surface area (Å²) in [4.78, 5) is 0.216. The lowest BCUT2D eigenvalue weighted by atomic mass is 10.2. The van der Waals surface area contributed by atoms with E-state index in [1.54, 1.807) is 37.3 Å². The maximum Gasteiger partial charge on any atom is 0.262 e. The predicted molar refractivity (Wildman–Crippen MR) is 77.9 cm³/mol. The third-order valence-electron chi connectivity index (χ3n) is 2.62. The lowest BCUT2D eigenvalue weighted by Gasteiger charge is -2.11. The first-order valence-electron chi connectivity index (χ1n) is 5.53. The highest BCUT2D eigenvalue weighted by atomic mass is 35.5. The van der Waals surface area contributed by atoms with Gasteiger partial charge in [0.05, 0.1) is 15.6 Å². The van der Waals surface area contributed by atoms with Crippen molar-refractivity contribution in [1.82, 2.24) is 0 Å². The van der Waals surface area contributed by atoms with Gasteiger partial charge >= 0.3 is 0 Å². The smallest absolute Gasteiger partial charge is 0.262 e. The zero-order valence-electron chi connectivity index (χ0n) is 10.2. The largest absolute Gasteiger partial charge is 0.399 e. The van der Waals surface area contributed by atoms with Crippen molar-refractivity contribution in [3.63, 3.8) is 0 Å². The average molecular weight is 297 g/mol. The first-order valence-corrected chi connectivity index (χ1v) is 7.40. The molecule has 0 heterocycles. The number of halogens is 1. The molecule has 0 bridgehead atoms. The standard InChI is InChI=1S/C13H13ClN2O2S/c1-9-4-2-3-5-13(9)19(17,18)16-12-8-10(15)6-7-11(12)14/h2-8,16H,15H2,1H3. The Morgan fingerprint density at radius 1 is 1.16 bits per heavy atom. The minimum absolute atomic E-state index is 0.216. The average Bonchev–Trinajstić information content (AvgIpc) is 2.34. The Hall–Kier alpha value is -1.72. The Balaban J connectivity index is 2.43. The second kappa shape index (κ2) is 5.11. The predicted octanol–water partition coefficient (Wildman–Crippen LogP) is 3.03. The number of nitrogen functional groups attached to an aromatic ring is 1. The summed E-state index contributed by atoms with van der Waals surface area (Å²) in [7, 11) is -3.67. The van der Waals surface area contributed by atoms with Gasteiger partial charge in [-0.05, 0) is 36.8 Å². The van der Waals surface area contributed by atoms with Crippen LogP contribution in [0.2, 0.25) is 5.02 Å². The highest BCUT2D eigenvalue weighted by Crippen LogP contribution is 2.27. The lowest BCUT2D eigenvalue weighted by molar-refractivity contribution is 0.600. The second-order valence-electron chi connectivity index (χ2n) is 4.11. The summed E-state index contributed by atoms with van der Waals surface area (Å²) in [5.41, 5.74) is 6.99. The lowest BCUT2D eigenvalue weighted by Crippen LogP contribution is -2.14. The summed E-state index contributed by atoms with van der Waals surface area (Å²) < 4.78 is 27.0. The van der Waals surface area contributed by atoms with Gasteiger partial charge in [-0.25, -0.2) is 8.42 Å². The van der Waals surface area contributed by atoms with E-state index in [1.807, 2.05) is 0 Å². The first kappa shape index (κ1) is 13.7. The molecule has 2 aromatic carbocycles. The number of hydrogen-bond acceptors (Lipinski definition) is 3. The van der Waals surface area contributed by atoms with Gasteiger partial charge in [-0.1, -0.05) is 29.8 Å². The molecule has 6 heteroatoms. The maximum absolute atomic E-state index is 12.3. The summed E-state index contributed by atoms with van der Waals surface area (Å²) in [5, 5.41) is 0.298. The molecule has 2 rings (SSSR count). The number of anilines is 2. The van der Waals surface area contributed by atoms with Gasteiger partial charge < -0.3 is 5.73 Å². The Labute approximate surface area is 117 Å². The molecule has 0 atom stereocenters. The highest BCUT2D eigenvalue weighted by molar-refractivity contribution is 7.92. The van der Waals surface area contributed by atoms with Crippen LogP contribution in [0, 0.1) is 6.92 Å². The molecular formula is C13H13ClN2O2S. The Kier molecular flexibility index (Phi) is 3.68. The van der Waals surface area contributed by atoms with Crippen LogP contribution < -0.4 is 10.5 Å². The topological polar surface area (TPSA) is 72.2 Å². The molecule has 0 unspecified atom stereocenters. The molecular weight excluding hydrogens is 284 g/mol. The second-order valence-corrected chi connectivity index (χ2v) is 6.17. The van der Waals surface area contributed by atoms with Crippen molar-refractivity contribution < 1.29 is 8.42 Å². The fraction of sp³-hybridized carbons (Fsp3) is 0.0769. The zero-order valence-corrected chi connectivity index (χ0v) is 11.8. The first-order chi connectivity index (χ1) is 8.90. The van der Waals surface area contributed by atoms with Crippen LogP contribution in [0.4, 0.5) is 11.4 Å². The van der Waals surface area contributed by atoms with E-state index in [0.717, 1.165) is 0 Å². The Bertz CT molecular complexity index is 714. The summed E-state index contributed by atoms with van der Waals surface area (Å²) in [6.07, 6.45) is 0. The van der Waals surface area contributed by atoms with Crippen LogP contribution in [-0.4, -0.2) is 8.42 Å². The van der Waals surface area contributed by atoms with E-state index >= 15 is 0 Å². The molecule has 0 aliphatic heterocycles. The van der Waals surface area contributed by atoms with E-state index in [9.17, 15) is 8.42 Å². The molecule has 0 aromatic heterocycles. The van der Waals surface area contributed by atoms with Crippen LogP contribution in [0.5, 0.6) is 0 Å². The van der Waals surface area contributed by atoms with Gasteiger partial charge in [0.1, 0.15) is 0 Å². The van der Waals surface area contributed by atoms with E-state index in [1.165, 1.54) is 12.1 Å². The molecule has 0 amide bonds. The van der Waals surface area contributed by atoms with Crippen LogP contribution in [-0.2, 0) is 10.0 Å². The van der Waals surface area contributed by atoms with E-state index < -0.39 is 10.0 Å². The maximum atomic E-state index is 12.3. The summed E-state index contributed by atoms with van der Waals surface area (Å²) >= 11 is 5.95. The van der Waals surface area contributed by atoms with Gasteiger partial charge in [-0.3, -0.25) is 4.72 Å². The van der Waals surface area contributed by atoms with Crippen molar-refractivity contribution >= 4 is 33.0 Å². The Morgan fingerprint density at radius 3 is 2.53 bits per heavy atom. The number of rotatable bonds is 3. The van der Waals surface area contributed by atoms with Crippen molar-refractivity contribution in [1.29, 1.82) is 0 Å². The molecule has 3 N–H and O–H groups in total. The molecule has 0 saturated heterocycles. The van der Waals surface area contributed by atoms with Crippen molar-refractivity contribution in [3.8, 4) is 0 Å². The van der Waals surface area contributed by atoms with Crippen LogP contribution >= 0.6 is 11.6 Å². The van der Waals surface area contributed by atoms with Crippen LogP contribution in [0.15, 0.2) is 47.4 Å². The third kappa shape index (κ3) is 3.00. The fourth-order valence-corrected chi connectivity index (χ4v) is 3.22. The molecule has 0 aliphatic rings. The number of nitrogens with one attached hydrogen (secondary N) is 1.